The van der Waals surface area contributed by atoms with Crippen LogP contribution in [0.4, 0.5) is 4.79 Å². The molecular weight excluding hydrogens is 390 g/mol. The Labute approximate surface area is 182 Å². The summed E-state index contributed by atoms with van der Waals surface area (Å²) < 4.78 is 5.59. The van der Waals surface area contributed by atoms with Gasteiger partial charge in [-0.1, -0.05) is 43.2 Å². The summed E-state index contributed by atoms with van der Waals surface area (Å²) in [6.45, 7) is 3.28. The van der Waals surface area contributed by atoms with E-state index in [-0.39, 0.29) is 24.2 Å². The van der Waals surface area contributed by atoms with Crippen molar-refractivity contribution in [1.82, 2.24) is 15.2 Å². The molecule has 0 spiro atoms. The molecule has 6 nitrogen and oxygen atoms in total. The number of pyridine rings is 1. The van der Waals surface area contributed by atoms with E-state index in [1.807, 2.05) is 66.4 Å². The van der Waals surface area contributed by atoms with E-state index in [1.165, 1.54) is 0 Å². The van der Waals surface area contributed by atoms with Crippen LogP contribution in [0.15, 0.2) is 59.4 Å². The lowest BCUT2D eigenvalue weighted by molar-refractivity contribution is 0.170. The molecule has 1 saturated carbocycles. The Hall–Kier alpha value is -3.28. The molecule has 1 aliphatic rings. The van der Waals surface area contributed by atoms with Gasteiger partial charge in [-0.25, -0.2) is 4.79 Å². The molecule has 0 saturated heterocycles. The highest BCUT2D eigenvalue weighted by Gasteiger charge is 2.27. The van der Waals surface area contributed by atoms with Crippen LogP contribution < -0.4 is 15.6 Å². The zero-order valence-electron chi connectivity index (χ0n) is 17.9. The van der Waals surface area contributed by atoms with Crippen molar-refractivity contribution in [2.45, 2.75) is 51.7 Å². The van der Waals surface area contributed by atoms with Crippen molar-refractivity contribution in [1.29, 1.82) is 0 Å². The van der Waals surface area contributed by atoms with Gasteiger partial charge in [0.25, 0.3) is 5.56 Å². The van der Waals surface area contributed by atoms with E-state index in [0.717, 1.165) is 47.9 Å². The number of carbonyl (C=O) groups excluding carboxylic acids is 1. The minimum atomic E-state index is -0.157. The lowest BCUT2D eigenvalue weighted by Gasteiger charge is -2.29. The number of ether oxygens (including phenoxy) is 1. The predicted octanol–water partition coefficient (Wildman–Crippen LogP) is 4.58. The van der Waals surface area contributed by atoms with Crippen LogP contribution in [0, 0.1) is 0 Å². The average molecular weight is 420 g/mol. The first-order valence-corrected chi connectivity index (χ1v) is 11.0. The summed E-state index contributed by atoms with van der Waals surface area (Å²) in [5.74, 6) is 0.765. The molecule has 6 heteroatoms. The quantitative estimate of drug-likeness (QED) is 0.589. The maximum atomic E-state index is 13.1. The van der Waals surface area contributed by atoms with Crippen molar-refractivity contribution in [3.63, 3.8) is 0 Å². The fourth-order valence-electron chi connectivity index (χ4n) is 4.25. The Balaban J connectivity index is 1.57. The van der Waals surface area contributed by atoms with E-state index in [9.17, 15) is 9.59 Å². The average Bonchev–Trinajstić information content (AvgIpc) is 3.32. The molecule has 3 aromatic rings. The van der Waals surface area contributed by atoms with Gasteiger partial charge in [0.05, 0.1) is 13.2 Å². The highest BCUT2D eigenvalue weighted by molar-refractivity contribution is 5.81. The second-order valence-corrected chi connectivity index (χ2v) is 8.02. The van der Waals surface area contributed by atoms with Gasteiger partial charge in [0.15, 0.2) is 0 Å². The van der Waals surface area contributed by atoms with Crippen LogP contribution in [0.1, 0.15) is 43.7 Å². The molecule has 1 fully saturated rings. The zero-order chi connectivity index (χ0) is 21.6. The number of H-pyrrole nitrogens is 1. The van der Waals surface area contributed by atoms with Gasteiger partial charge < -0.3 is 19.9 Å². The van der Waals surface area contributed by atoms with Crippen LogP contribution in [0.5, 0.6) is 5.75 Å². The molecule has 1 heterocycles. The standard InChI is InChI=1S/C25H29N3O3/c1-2-31-22-12-13-23-19(15-22)14-20(24(29)27-23)17-28(21-10-6-7-11-21)25(30)26-16-18-8-4-3-5-9-18/h3-5,8-9,12-15,21H,2,6-7,10-11,16-17H2,1H3,(H,26,30)(H,27,29). The maximum Gasteiger partial charge on any atom is 0.318 e. The Morgan fingerprint density at radius 3 is 2.65 bits per heavy atom. The third kappa shape index (κ3) is 5.08. The third-order valence-electron chi connectivity index (χ3n) is 5.86. The van der Waals surface area contributed by atoms with Crippen LogP contribution in [0.25, 0.3) is 10.9 Å². The van der Waals surface area contributed by atoms with E-state index in [4.69, 9.17) is 4.74 Å². The van der Waals surface area contributed by atoms with Gasteiger partial charge in [-0.2, -0.15) is 0 Å². The first-order chi connectivity index (χ1) is 15.1. The normalized spacial score (nSPS) is 14.0. The van der Waals surface area contributed by atoms with Gasteiger partial charge in [-0.15, -0.1) is 0 Å². The Morgan fingerprint density at radius 1 is 1.13 bits per heavy atom. The molecule has 0 bridgehead atoms. The number of amides is 2. The minimum absolute atomic E-state index is 0.127. The SMILES string of the molecule is CCOc1ccc2[nH]c(=O)c(CN(C(=O)NCc3ccccc3)C3CCCC3)cc2c1. The molecule has 2 amide bonds. The number of aromatic nitrogens is 1. The molecule has 162 valence electrons. The van der Waals surface area contributed by atoms with Gasteiger partial charge in [-0.3, -0.25) is 4.79 Å². The van der Waals surface area contributed by atoms with Crippen molar-refractivity contribution in [3.8, 4) is 5.75 Å². The van der Waals surface area contributed by atoms with Crippen LogP contribution in [-0.4, -0.2) is 28.6 Å². The van der Waals surface area contributed by atoms with Crippen molar-refractivity contribution >= 4 is 16.9 Å². The van der Waals surface area contributed by atoms with Gasteiger partial charge in [-0.05, 0) is 49.6 Å². The van der Waals surface area contributed by atoms with Crippen LogP contribution in [-0.2, 0) is 13.1 Å². The van der Waals surface area contributed by atoms with Gasteiger partial charge in [0.2, 0.25) is 0 Å². The lowest BCUT2D eigenvalue weighted by atomic mass is 10.1. The number of carbonyl (C=O) groups is 1. The van der Waals surface area contributed by atoms with Gasteiger partial charge >= 0.3 is 6.03 Å². The van der Waals surface area contributed by atoms with E-state index < -0.39 is 0 Å². The molecular formula is C25H29N3O3. The summed E-state index contributed by atoms with van der Waals surface area (Å²) in [6.07, 6.45) is 4.16. The topological polar surface area (TPSA) is 74.4 Å². The highest BCUT2D eigenvalue weighted by Crippen LogP contribution is 2.26. The number of benzene rings is 2. The summed E-state index contributed by atoms with van der Waals surface area (Å²) >= 11 is 0. The van der Waals surface area contributed by atoms with Crippen molar-refractivity contribution in [3.05, 3.63) is 76.1 Å². The summed E-state index contributed by atoms with van der Waals surface area (Å²) in [5.41, 5.74) is 2.24. The largest absolute Gasteiger partial charge is 0.494 e. The van der Waals surface area contributed by atoms with E-state index >= 15 is 0 Å². The van der Waals surface area contributed by atoms with Crippen molar-refractivity contribution in [2.75, 3.05) is 6.61 Å². The number of fused-ring (bicyclic) bond motifs is 1. The number of hydrogen-bond donors (Lipinski definition) is 2. The van der Waals surface area contributed by atoms with Crippen LogP contribution in [0.2, 0.25) is 0 Å². The fourth-order valence-corrected chi connectivity index (χ4v) is 4.25. The maximum absolute atomic E-state index is 13.1. The first-order valence-electron chi connectivity index (χ1n) is 11.0. The molecule has 1 aliphatic carbocycles. The predicted molar refractivity (Wildman–Crippen MR) is 122 cm³/mol. The van der Waals surface area contributed by atoms with Crippen molar-refractivity contribution in [2.24, 2.45) is 0 Å². The molecule has 0 atom stereocenters. The fraction of sp³-hybridized carbons (Fsp3) is 0.360. The van der Waals surface area contributed by atoms with Gasteiger partial charge in [0, 0.05) is 29.1 Å². The Morgan fingerprint density at radius 2 is 1.90 bits per heavy atom. The molecule has 2 N–H and O–H groups in total. The number of aromatic amines is 1. The van der Waals surface area contributed by atoms with E-state index in [1.54, 1.807) is 0 Å². The lowest BCUT2D eigenvalue weighted by Crippen LogP contribution is -2.45. The number of urea groups is 1. The number of nitrogens with one attached hydrogen (secondary N) is 2. The highest BCUT2D eigenvalue weighted by atomic mass is 16.5. The smallest absolute Gasteiger partial charge is 0.318 e. The molecule has 1 aromatic heterocycles. The van der Waals surface area contributed by atoms with Gasteiger partial charge in [0.1, 0.15) is 5.75 Å². The molecule has 2 aromatic carbocycles. The minimum Gasteiger partial charge on any atom is -0.494 e. The Kier molecular flexibility index (Phi) is 6.55. The van der Waals surface area contributed by atoms with Crippen LogP contribution >= 0.6 is 0 Å². The van der Waals surface area contributed by atoms with Crippen molar-refractivity contribution < 1.29 is 9.53 Å². The molecule has 0 unspecified atom stereocenters. The molecule has 0 aliphatic heterocycles. The van der Waals surface area contributed by atoms with E-state index in [2.05, 4.69) is 10.3 Å². The summed E-state index contributed by atoms with van der Waals surface area (Å²) in [5, 5.41) is 3.93. The van der Waals surface area contributed by atoms with E-state index in [0.29, 0.717) is 18.7 Å². The first kappa shape index (κ1) is 21.0. The summed E-state index contributed by atoms with van der Waals surface area (Å²) in [6, 6.07) is 17.4. The summed E-state index contributed by atoms with van der Waals surface area (Å²) in [4.78, 5) is 30.6. The van der Waals surface area contributed by atoms with Crippen LogP contribution in [0.3, 0.4) is 0 Å². The zero-order valence-corrected chi connectivity index (χ0v) is 17.9. The Bertz CT molecular complexity index is 1090. The molecule has 4 rings (SSSR count). The monoisotopic (exact) mass is 419 g/mol. The molecule has 31 heavy (non-hydrogen) atoms. The molecule has 0 radical (unpaired) electrons. The second-order valence-electron chi connectivity index (χ2n) is 8.02. The second kappa shape index (κ2) is 9.69. The number of rotatable bonds is 7. The summed E-state index contributed by atoms with van der Waals surface area (Å²) in [7, 11) is 0. The number of nitrogens with zero attached hydrogens (tertiary/aromatic N) is 1. The number of hydrogen-bond acceptors (Lipinski definition) is 3. The third-order valence-corrected chi connectivity index (χ3v) is 5.86.